The summed E-state index contributed by atoms with van der Waals surface area (Å²) in [4.78, 5) is 28.3. The van der Waals surface area contributed by atoms with Gasteiger partial charge in [-0.05, 0) is 83.0 Å². The van der Waals surface area contributed by atoms with Crippen LogP contribution in [0.3, 0.4) is 0 Å². The summed E-state index contributed by atoms with van der Waals surface area (Å²) >= 11 is 3.46. The number of oxazole rings is 1. The molecule has 0 radical (unpaired) electrons. The van der Waals surface area contributed by atoms with Crippen LogP contribution in [0, 0.1) is 17.0 Å². The van der Waals surface area contributed by atoms with E-state index in [4.69, 9.17) is 13.6 Å². The van der Waals surface area contributed by atoms with E-state index < -0.39 is 10.8 Å². The number of aryl methyl sites for hydroxylation is 1. The summed E-state index contributed by atoms with van der Waals surface area (Å²) in [5.74, 6) is 0.862. The molecular formula is C26H18BrN3O6. The van der Waals surface area contributed by atoms with Crippen molar-refractivity contribution in [2.24, 2.45) is 0 Å². The number of aromatic nitrogens is 1. The van der Waals surface area contributed by atoms with Gasteiger partial charge in [-0.1, -0.05) is 6.07 Å². The summed E-state index contributed by atoms with van der Waals surface area (Å²) in [5, 5.41) is 14.2. The van der Waals surface area contributed by atoms with Crippen molar-refractivity contribution in [1.29, 1.82) is 0 Å². The highest BCUT2D eigenvalue weighted by Crippen LogP contribution is 2.34. The number of carbonyl (C=O) groups is 1. The van der Waals surface area contributed by atoms with E-state index in [1.165, 1.54) is 18.2 Å². The number of hydrogen-bond acceptors (Lipinski definition) is 7. The smallest absolute Gasteiger partial charge is 0.291 e. The zero-order valence-electron chi connectivity index (χ0n) is 19.1. The second-order valence-electron chi connectivity index (χ2n) is 7.95. The van der Waals surface area contributed by atoms with Gasteiger partial charge < -0.3 is 18.9 Å². The first-order chi connectivity index (χ1) is 17.3. The number of anilines is 1. The molecule has 5 rings (SSSR count). The van der Waals surface area contributed by atoms with E-state index in [9.17, 15) is 14.9 Å². The van der Waals surface area contributed by atoms with Crippen molar-refractivity contribution in [2.75, 3.05) is 12.4 Å². The fraction of sp³-hybridized carbons (Fsp3) is 0.0769. The number of nitrogens with one attached hydrogen (secondary N) is 1. The van der Waals surface area contributed by atoms with E-state index in [0.29, 0.717) is 34.0 Å². The highest BCUT2D eigenvalue weighted by molar-refractivity contribution is 9.10. The van der Waals surface area contributed by atoms with Gasteiger partial charge >= 0.3 is 0 Å². The highest BCUT2D eigenvalue weighted by Gasteiger charge is 2.20. The Morgan fingerprint density at radius 3 is 2.64 bits per heavy atom. The quantitative estimate of drug-likeness (QED) is 0.179. The molecule has 5 aromatic rings. The summed E-state index contributed by atoms with van der Waals surface area (Å²) in [7, 11) is 1.59. The van der Waals surface area contributed by atoms with Crippen LogP contribution in [-0.4, -0.2) is 22.9 Å². The first-order valence-electron chi connectivity index (χ1n) is 10.7. The van der Waals surface area contributed by atoms with Gasteiger partial charge in [0.15, 0.2) is 11.3 Å². The number of nitrogens with zero attached hydrogens (tertiary/aromatic N) is 2. The molecule has 10 heteroatoms. The molecule has 180 valence electrons. The van der Waals surface area contributed by atoms with Crippen LogP contribution in [0.2, 0.25) is 0 Å². The Kier molecular flexibility index (Phi) is 6.03. The zero-order valence-corrected chi connectivity index (χ0v) is 20.7. The molecule has 0 unspecified atom stereocenters. The number of methoxy groups -OCH3 is 1. The van der Waals surface area contributed by atoms with Crippen molar-refractivity contribution >= 4 is 44.3 Å². The maximum absolute atomic E-state index is 12.8. The number of carbonyl (C=O) groups excluding carboxylic acids is 1. The molecule has 3 aromatic carbocycles. The Morgan fingerprint density at radius 2 is 1.89 bits per heavy atom. The van der Waals surface area contributed by atoms with Crippen LogP contribution >= 0.6 is 15.9 Å². The Balaban J connectivity index is 1.37. The average Bonchev–Trinajstić information content (AvgIpc) is 3.51. The number of nitro groups is 1. The van der Waals surface area contributed by atoms with Crippen molar-refractivity contribution < 1.29 is 23.3 Å². The molecular weight excluding hydrogens is 530 g/mol. The predicted molar refractivity (Wildman–Crippen MR) is 137 cm³/mol. The lowest BCUT2D eigenvalue weighted by molar-refractivity contribution is -0.384. The van der Waals surface area contributed by atoms with Crippen molar-refractivity contribution in [3.8, 4) is 28.5 Å². The second-order valence-corrected chi connectivity index (χ2v) is 8.80. The van der Waals surface area contributed by atoms with Gasteiger partial charge in [0.25, 0.3) is 11.6 Å². The number of nitro benzene ring substituents is 1. The third kappa shape index (κ3) is 4.46. The van der Waals surface area contributed by atoms with E-state index in [-0.39, 0.29) is 17.2 Å². The molecule has 0 saturated carbocycles. The molecule has 2 heterocycles. The van der Waals surface area contributed by atoms with E-state index >= 15 is 0 Å². The van der Waals surface area contributed by atoms with Gasteiger partial charge in [-0.3, -0.25) is 14.9 Å². The summed E-state index contributed by atoms with van der Waals surface area (Å²) in [6.07, 6.45) is 0. The molecule has 0 fully saturated rings. The van der Waals surface area contributed by atoms with Crippen LogP contribution in [0.4, 0.5) is 11.4 Å². The van der Waals surface area contributed by atoms with Crippen LogP contribution in [0.1, 0.15) is 16.1 Å². The van der Waals surface area contributed by atoms with Crippen LogP contribution in [0.25, 0.3) is 33.9 Å². The monoisotopic (exact) mass is 547 g/mol. The molecule has 1 amide bonds. The minimum atomic E-state index is -0.502. The first kappa shape index (κ1) is 23.3. The van der Waals surface area contributed by atoms with Crippen LogP contribution in [-0.2, 0) is 0 Å². The van der Waals surface area contributed by atoms with E-state index in [0.717, 1.165) is 15.6 Å². The Morgan fingerprint density at radius 1 is 1.06 bits per heavy atom. The van der Waals surface area contributed by atoms with Gasteiger partial charge in [0, 0.05) is 17.3 Å². The molecule has 0 aliphatic heterocycles. The van der Waals surface area contributed by atoms with Crippen molar-refractivity contribution in [3.63, 3.8) is 0 Å². The molecule has 0 atom stereocenters. The van der Waals surface area contributed by atoms with E-state index in [1.54, 1.807) is 44.4 Å². The fourth-order valence-electron chi connectivity index (χ4n) is 3.73. The fourth-order valence-corrected chi connectivity index (χ4v) is 4.27. The van der Waals surface area contributed by atoms with Gasteiger partial charge in [0.05, 0.1) is 22.1 Å². The molecule has 0 aliphatic rings. The van der Waals surface area contributed by atoms with Gasteiger partial charge in [-0.25, -0.2) is 4.98 Å². The molecule has 0 spiro atoms. The third-order valence-electron chi connectivity index (χ3n) is 5.49. The summed E-state index contributed by atoms with van der Waals surface area (Å²) in [6, 6.07) is 18.4. The Bertz CT molecular complexity index is 1640. The lowest BCUT2D eigenvalue weighted by atomic mass is 10.1. The number of rotatable bonds is 6. The predicted octanol–water partition coefficient (Wildman–Crippen LogP) is 6.99. The molecule has 9 nitrogen and oxygen atoms in total. The minimum Gasteiger partial charge on any atom is -0.496 e. The second kappa shape index (κ2) is 9.31. The third-order valence-corrected chi connectivity index (χ3v) is 6.11. The number of furan rings is 1. The van der Waals surface area contributed by atoms with Gasteiger partial charge in [0.1, 0.15) is 17.0 Å². The van der Waals surface area contributed by atoms with Crippen LogP contribution in [0.5, 0.6) is 5.75 Å². The van der Waals surface area contributed by atoms with Gasteiger partial charge in [0.2, 0.25) is 5.89 Å². The zero-order chi connectivity index (χ0) is 25.4. The maximum atomic E-state index is 12.8. The van der Waals surface area contributed by atoms with E-state index in [1.807, 2.05) is 18.2 Å². The number of amides is 1. The van der Waals surface area contributed by atoms with Crippen LogP contribution in [0.15, 0.2) is 80.0 Å². The number of ether oxygens (including phenoxy) is 1. The summed E-state index contributed by atoms with van der Waals surface area (Å²) < 4.78 is 17.5. The van der Waals surface area contributed by atoms with Crippen LogP contribution < -0.4 is 10.1 Å². The normalized spacial score (nSPS) is 11.0. The number of benzene rings is 3. The standard InChI is InChI=1S/C26H18BrN3O6/c1-14-3-6-17(20(11-14)30(32)33)21-9-10-24(35-21)25(31)28-16-5-8-23-19(13-16)29-26(36-23)15-4-7-22(34-2)18(27)12-15/h3-13H,1-2H3,(H,28,31). The lowest BCUT2D eigenvalue weighted by Crippen LogP contribution is -2.10. The van der Waals surface area contributed by atoms with E-state index in [2.05, 4.69) is 26.2 Å². The Hall–Kier alpha value is -4.44. The number of halogens is 1. The van der Waals surface area contributed by atoms with Crippen molar-refractivity contribution in [1.82, 2.24) is 4.98 Å². The van der Waals surface area contributed by atoms with Gasteiger partial charge in [-0.2, -0.15) is 0 Å². The topological polar surface area (TPSA) is 121 Å². The molecule has 36 heavy (non-hydrogen) atoms. The molecule has 1 N–H and O–H groups in total. The molecule has 2 aromatic heterocycles. The molecule has 0 bridgehead atoms. The summed E-state index contributed by atoms with van der Waals surface area (Å²) in [6.45, 7) is 1.77. The molecule has 0 saturated heterocycles. The summed E-state index contributed by atoms with van der Waals surface area (Å²) in [5.41, 5.74) is 3.33. The van der Waals surface area contributed by atoms with Crippen molar-refractivity contribution in [3.05, 3.63) is 92.6 Å². The van der Waals surface area contributed by atoms with Crippen molar-refractivity contribution in [2.45, 2.75) is 6.92 Å². The lowest BCUT2D eigenvalue weighted by Gasteiger charge is -2.03. The minimum absolute atomic E-state index is 0.0175. The number of fused-ring (bicyclic) bond motifs is 1. The first-order valence-corrected chi connectivity index (χ1v) is 11.5. The molecule has 0 aliphatic carbocycles. The number of hydrogen-bond donors (Lipinski definition) is 1. The van der Waals surface area contributed by atoms with Gasteiger partial charge in [-0.15, -0.1) is 0 Å². The average molecular weight is 548 g/mol. The Labute approximate surface area is 213 Å². The SMILES string of the molecule is COc1ccc(-c2nc3cc(NC(=O)c4ccc(-c5ccc(C)cc5[N+](=O)[O-])o4)ccc3o2)cc1Br. The maximum Gasteiger partial charge on any atom is 0.291 e. The highest BCUT2D eigenvalue weighted by atomic mass is 79.9. The largest absolute Gasteiger partial charge is 0.496 e.